The van der Waals surface area contributed by atoms with Crippen LogP contribution in [0.4, 0.5) is 0 Å². The van der Waals surface area contributed by atoms with E-state index < -0.39 is 0 Å². The van der Waals surface area contributed by atoms with Crippen LogP contribution in [0.3, 0.4) is 0 Å². The van der Waals surface area contributed by atoms with Crippen molar-refractivity contribution in [3.05, 3.63) is 11.8 Å². The monoisotopic (exact) mass is 183 g/mol. The quantitative estimate of drug-likeness (QED) is 0.600. The second-order valence-electron chi connectivity index (χ2n) is 3.31. The van der Waals surface area contributed by atoms with Gasteiger partial charge in [0, 0.05) is 19.2 Å². The van der Waals surface area contributed by atoms with Crippen molar-refractivity contribution in [1.82, 2.24) is 4.90 Å². The third-order valence-corrected chi connectivity index (χ3v) is 2.21. The standard InChI is InChI=1S/C11H21NO/c1-5-7-8-9-12(11(4)13)10(3)6-2/h6H,5,7-9H2,1-4H3/b10-6+. The average molecular weight is 183 g/mol. The normalized spacial score (nSPS) is 11.5. The van der Waals surface area contributed by atoms with Gasteiger partial charge in [-0.2, -0.15) is 0 Å². The van der Waals surface area contributed by atoms with E-state index in [1.54, 1.807) is 6.92 Å². The van der Waals surface area contributed by atoms with Crippen molar-refractivity contribution >= 4 is 5.91 Å². The summed E-state index contributed by atoms with van der Waals surface area (Å²) in [5.41, 5.74) is 1.06. The molecule has 0 aliphatic heterocycles. The van der Waals surface area contributed by atoms with Gasteiger partial charge in [0.05, 0.1) is 0 Å². The van der Waals surface area contributed by atoms with Crippen LogP contribution in [0.2, 0.25) is 0 Å². The van der Waals surface area contributed by atoms with Crippen LogP contribution in [0, 0.1) is 0 Å². The molecule has 2 heteroatoms. The van der Waals surface area contributed by atoms with Crippen molar-refractivity contribution in [3.63, 3.8) is 0 Å². The fraction of sp³-hybridized carbons (Fsp3) is 0.727. The summed E-state index contributed by atoms with van der Waals surface area (Å²) < 4.78 is 0. The van der Waals surface area contributed by atoms with Gasteiger partial charge in [-0.25, -0.2) is 0 Å². The minimum absolute atomic E-state index is 0.145. The van der Waals surface area contributed by atoms with Gasteiger partial charge in [0.15, 0.2) is 0 Å². The SMILES string of the molecule is C/C=C(\C)N(CCCCC)C(C)=O. The second kappa shape index (κ2) is 6.70. The molecule has 0 heterocycles. The fourth-order valence-electron chi connectivity index (χ4n) is 1.26. The topological polar surface area (TPSA) is 20.3 Å². The Hall–Kier alpha value is -0.790. The van der Waals surface area contributed by atoms with Crippen molar-refractivity contribution in [1.29, 1.82) is 0 Å². The first kappa shape index (κ1) is 12.2. The first-order chi connectivity index (χ1) is 6.13. The van der Waals surface area contributed by atoms with E-state index in [0.29, 0.717) is 0 Å². The highest BCUT2D eigenvalue weighted by Crippen LogP contribution is 2.06. The number of carbonyl (C=O) groups is 1. The Morgan fingerprint density at radius 3 is 2.31 bits per heavy atom. The molecule has 0 aromatic carbocycles. The van der Waals surface area contributed by atoms with Crippen molar-refractivity contribution in [3.8, 4) is 0 Å². The second-order valence-corrected chi connectivity index (χ2v) is 3.31. The van der Waals surface area contributed by atoms with Gasteiger partial charge in [0.1, 0.15) is 0 Å². The molecule has 0 rings (SSSR count). The molecule has 0 saturated heterocycles. The predicted octanol–water partition coefficient (Wildman–Crippen LogP) is 2.95. The van der Waals surface area contributed by atoms with Crippen molar-refractivity contribution in [2.45, 2.75) is 47.0 Å². The minimum Gasteiger partial charge on any atom is -0.317 e. The molecule has 0 unspecified atom stereocenters. The lowest BCUT2D eigenvalue weighted by Crippen LogP contribution is -2.27. The van der Waals surface area contributed by atoms with E-state index in [-0.39, 0.29) is 5.91 Å². The molecule has 0 spiro atoms. The van der Waals surface area contributed by atoms with E-state index >= 15 is 0 Å². The summed E-state index contributed by atoms with van der Waals surface area (Å²) >= 11 is 0. The lowest BCUT2D eigenvalue weighted by atomic mass is 10.2. The number of hydrogen-bond donors (Lipinski definition) is 0. The van der Waals surface area contributed by atoms with Gasteiger partial charge < -0.3 is 4.90 Å². The van der Waals surface area contributed by atoms with Gasteiger partial charge in [-0.3, -0.25) is 4.79 Å². The number of rotatable bonds is 5. The Bertz CT molecular complexity index is 185. The Morgan fingerprint density at radius 1 is 1.31 bits per heavy atom. The summed E-state index contributed by atoms with van der Waals surface area (Å²) in [6.07, 6.45) is 5.47. The van der Waals surface area contributed by atoms with Gasteiger partial charge in [-0.05, 0) is 20.3 Å². The van der Waals surface area contributed by atoms with E-state index in [0.717, 1.165) is 18.7 Å². The van der Waals surface area contributed by atoms with Crippen molar-refractivity contribution < 1.29 is 4.79 Å². The lowest BCUT2D eigenvalue weighted by molar-refractivity contribution is -0.127. The van der Waals surface area contributed by atoms with Crippen LogP contribution in [0.15, 0.2) is 11.8 Å². The maximum atomic E-state index is 11.2. The zero-order valence-electron chi connectivity index (χ0n) is 9.26. The minimum atomic E-state index is 0.145. The Balaban J connectivity index is 4.04. The number of unbranched alkanes of at least 4 members (excludes halogenated alkanes) is 2. The zero-order chi connectivity index (χ0) is 10.3. The third kappa shape index (κ3) is 4.71. The molecule has 76 valence electrons. The molecule has 0 aliphatic rings. The van der Waals surface area contributed by atoms with Gasteiger partial charge >= 0.3 is 0 Å². The predicted molar refractivity (Wildman–Crippen MR) is 56.3 cm³/mol. The van der Waals surface area contributed by atoms with Crippen LogP contribution < -0.4 is 0 Å². The smallest absolute Gasteiger partial charge is 0.223 e. The molecule has 0 atom stereocenters. The van der Waals surface area contributed by atoms with Crippen LogP contribution in [0.5, 0.6) is 0 Å². The summed E-state index contributed by atoms with van der Waals surface area (Å²) in [5, 5.41) is 0. The Kier molecular flexibility index (Phi) is 6.29. The number of carbonyl (C=O) groups excluding carboxylic acids is 1. The summed E-state index contributed by atoms with van der Waals surface area (Å²) in [6.45, 7) is 8.59. The highest BCUT2D eigenvalue weighted by Gasteiger charge is 2.08. The molecule has 0 aliphatic carbocycles. The molecule has 0 N–H and O–H groups in total. The first-order valence-electron chi connectivity index (χ1n) is 5.04. The summed E-state index contributed by atoms with van der Waals surface area (Å²) in [6, 6.07) is 0. The van der Waals surface area contributed by atoms with Gasteiger partial charge in [0.25, 0.3) is 0 Å². The largest absolute Gasteiger partial charge is 0.317 e. The van der Waals surface area contributed by atoms with Crippen LogP contribution in [-0.4, -0.2) is 17.4 Å². The van der Waals surface area contributed by atoms with E-state index in [1.165, 1.54) is 12.8 Å². The highest BCUT2D eigenvalue weighted by molar-refractivity contribution is 5.75. The molecular formula is C11H21NO. The van der Waals surface area contributed by atoms with Crippen molar-refractivity contribution in [2.75, 3.05) is 6.54 Å². The average Bonchev–Trinajstić information content (AvgIpc) is 2.11. The summed E-state index contributed by atoms with van der Waals surface area (Å²) in [7, 11) is 0. The van der Waals surface area contributed by atoms with Crippen LogP contribution in [-0.2, 0) is 4.79 Å². The van der Waals surface area contributed by atoms with E-state index in [9.17, 15) is 4.79 Å². The molecule has 0 aromatic rings. The number of amides is 1. The summed E-state index contributed by atoms with van der Waals surface area (Å²) in [5.74, 6) is 0.145. The molecule has 0 bridgehead atoms. The molecule has 2 nitrogen and oxygen atoms in total. The molecule has 0 saturated carbocycles. The molecular weight excluding hydrogens is 162 g/mol. The maximum absolute atomic E-state index is 11.2. The van der Waals surface area contributed by atoms with E-state index in [4.69, 9.17) is 0 Å². The Morgan fingerprint density at radius 2 is 1.92 bits per heavy atom. The first-order valence-corrected chi connectivity index (χ1v) is 5.04. The zero-order valence-corrected chi connectivity index (χ0v) is 9.26. The summed E-state index contributed by atoms with van der Waals surface area (Å²) in [4.78, 5) is 13.1. The number of allylic oxidation sites excluding steroid dienone is 2. The lowest BCUT2D eigenvalue weighted by Gasteiger charge is -2.21. The molecule has 1 amide bonds. The van der Waals surface area contributed by atoms with Gasteiger partial charge in [0.2, 0.25) is 5.91 Å². The molecule has 0 aromatic heterocycles. The third-order valence-electron chi connectivity index (χ3n) is 2.21. The number of hydrogen-bond acceptors (Lipinski definition) is 1. The fourth-order valence-corrected chi connectivity index (χ4v) is 1.26. The molecule has 13 heavy (non-hydrogen) atoms. The van der Waals surface area contributed by atoms with E-state index in [1.807, 2.05) is 24.8 Å². The van der Waals surface area contributed by atoms with Gasteiger partial charge in [-0.15, -0.1) is 0 Å². The van der Waals surface area contributed by atoms with E-state index in [2.05, 4.69) is 6.92 Å². The highest BCUT2D eigenvalue weighted by atomic mass is 16.2. The van der Waals surface area contributed by atoms with Crippen LogP contribution in [0.25, 0.3) is 0 Å². The van der Waals surface area contributed by atoms with Crippen LogP contribution in [0.1, 0.15) is 47.0 Å². The number of nitrogens with zero attached hydrogens (tertiary/aromatic N) is 1. The van der Waals surface area contributed by atoms with Crippen molar-refractivity contribution in [2.24, 2.45) is 0 Å². The molecule has 0 radical (unpaired) electrons. The van der Waals surface area contributed by atoms with Crippen LogP contribution >= 0.6 is 0 Å². The molecule has 0 fully saturated rings. The Labute approximate surface area is 81.6 Å². The van der Waals surface area contributed by atoms with Gasteiger partial charge in [-0.1, -0.05) is 25.8 Å². The maximum Gasteiger partial charge on any atom is 0.223 e.